The third-order valence-corrected chi connectivity index (χ3v) is 4.08. The minimum Gasteiger partial charge on any atom is -0.370 e. The van der Waals surface area contributed by atoms with Crippen molar-refractivity contribution in [1.29, 1.82) is 0 Å². The minimum atomic E-state index is -1.07. The van der Waals surface area contributed by atoms with Gasteiger partial charge in [-0.1, -0.05) is 0 Å². The highest BCUT2D eigenvalue weighted by atomic mass is 16.2. The van der Waals surface area contributed by atoms with Crippen LogP contribution in [0, 0.1) is 0 Å². The molecule has 0 aromatic carbocycles. The van der Waals surface area contributed by atoms with Crippen molar-refractivity contribution >= 4 is 35.5 Å². The molecule has 13 nitrogen and oxygen atoms in total. The first-order chi connectivity index (χ1) is 13.6. The molecule has 29 heavy (non-hydrogen) atoms. The lowest BCUT2D eigenvalue weighted by Crippen LogP contribution is -2.58. The summed E-state index contributed by atoms with van der Waals surface area (Å²) in [4.78, 5) is 64.0. The average Bonchev–Trinajstić information content (AvgIpc) is 2.63. The van der Waals surface area contributed by atoms with E-state index in [1.807, 2.05) is 0 Å². The van der Waals surface area contributed by atoms with Gasteiger partial charge in [0.2, 0.25) is 29.5 Å². The lowest BCUT2D eigenvalue weighted by Gasteiger charge is -2.25. The van der Waals surface area contributed by atoms with Crippen LogP contribution in [0.15, 0.2) is 4.99 Å². The Balaban J connectivity index is 2.87. The number of amides is 5. The molecule has 0 radical (unpaired) electrons. The van der Waals surface area contributed by atoms with Crippen molar-refractivity contribution in [2.75, 3.05) is 13.1 Å². The molecule has 1 rings (SSSR count). The van der Waals surface area contributed by atoms with Crippen LogP contribution < -0.4 is 38.5 Å². The zero-order chi connectivity index (χ0) is 22.0. The van der Waals surface area contributed by atoms with Crippen LogP contribution in [-0.4, -0.2) is 66.7 Å². The number of nitrogens with two attached hydrogens (primary N) is 3. The van der Waals surface area contributed by atoms with Gasteiger partial charge in [-0.3, -0.25) is 29.0 Å². The third kappa shape index (κ3) is 8.90. The van der Waals surface area contributed by atoms with Crippen molar-refractivity contribution < 1.29 is 24.0 Å². The number of hydrogen-bond acceptors (Lipinski definition) is 6. The molecule has 162 valence electrons. The van der Waals surface area contributed by atoms with Gasteiger partial charge in [-0.2, -0.15) is 0 Å². The van der Waals surface area contributed by atoms with E-state index in [9.17, 15) is 24.0 Å². The molecule has 1 saturated heterocycles. The smallest absolute Gasteiger partial charge is 0.243 e. The van der Waals surface area contributed by atoms with Crippen molar-refractivity contribution in [3.05, 3.63) is 0 Å². The minimum absolute atomic E-state index is 0.0391. The van der Waals surface area contributed by atoms with Gasteiger partial charge in [0.15, 0.2) is 5.96 Å². The van der Waals surface area contributed by atoms with E-state index in [4.69, 9.17) is 17.2 Å². The molecule has 5 amide bonds. The number of hydrogen-bond donors (Lipinski definition) is 7. The molecule has 0 saturated carbocycles. The summed E-state index contributed by atoms with van der Waals surface area (Å²) in [5, 5.41) is 9.83. The molecule has 10 N–H and O–H groups in total. The molecule has 13 heteroatoms. The molecule has 1 aliphatic rings. The van der Waals surface area contributed by atoms with Crippen LogP contribution in [0.25, 0.3) is 0 Å². The van der Waals surface area contributed by atoms with Crippen LogP contribution in [0.4, 0.5) is 0 Å². The SMILES string of the molecule is C[C@@H]1NC(=O)[C@H](CCC(N)=O)NC(=O)CNC(=O)[C@H](CCCN=C(N)N)NC1=O. The molecule has 0 unspecified atom stereocenters. The molecule has 0 aliphatic carbocycles. The molecular formula is C16H28N8O5. The molecule has 0 aromatic rings. The zero-order valence-electron chi connectivity index (χ0n) is 16.2. The van der Waals surface area contributed by atoms with Crippen LogP contribution in [-0.2, 0) is 24.0 Å². The second kappa shape index (κ2) is 11.5. The maximum atomic E-state index is 12.4. The van der Waals surface area contributed by atoms with Crippen LogP contribution in [0.3, 0.4) is 0 Å². The van der Waals surface area contributed by atoms with E-state index in [0.717, 1.165) is 0 Å². The Bertz CT molecular complexity index is 676. The van der Waals surface area contributed by atoms with Crippen LogP contribution >= 0.6 is 0 Å². The van der Waals surface area contributed by atoms with E-state index in [2.05, 4.69) is 26.3 Å². The number of aliphatic imine (C=N–C) groups is 1. The summed E-state index contributed by atoms with van der Waals surface area (Å²) in [6.07, 6.45) is 0.446. The maximum Gasteiger partial charge on any atom is 0.243 e. The molecule has 0 spiro atoms. The van der Waals surface area contributed by atoms with Gasteiger partial charge >= 0.3 is 0 Å². The van der Waals surface area contributed by atoms with E-state index in [1.165, 1.54) is 6.92 Å². The van der Waals surface area contributed by atoms with Gasteiger partial charge in [0, 0.05) is 13.0 Å². The fourth-order valence-electron chi connectivity index (χ4n) is 2.54. The van der Waals surface area contributed by atoms with Gasteiger partial charge in [-0.15, -0.1) is 0 Å². The number of nitrogens with one attached hydrogen (secondary N) is 4. The molecular weight excluding hydrogens is 384 g/mol. The highest BCUT2D eigenvalue weighted by Gasteiger charge is 2.29. The van der Waals surface area contributed by atoms with E-state index >= 15 is 0 Å². The molecule has 3 atom stereocenters. The number of rotatable bonds is 7. The van der Waals surface area contributed by atoms with Crippen molar-refractivity contribution in [1.82, 2.24) is 21.3 Å². The van der Waals surface area contributed by atoms with Gasteiger partial charge in [0.25, 0.3) is 0 Å². The quantitative estimate of drug-likeness (QED) is 0.124. The van der Waals surface area contributed by atoms with Crippen molar-refractivity contribution in [2.24, 2.45) is 22.2 Å². The standard InChI is InChI=1S/C16H28N8O5/c1-8-13(27)24-9(3-2-6-20-16(18)19)14(28)21-7-12(26)23-10(15(29)22-8)4-5-11(17)25/h8-10H,2-7H2,1H3,(H2,17,25)(H,21,28)(H,22,29)(H,23,26)(H,24,27)(H4,18,19,20)/t8-,9-,10-/m0/s1. The number of primary amides is 1. The highest BCUT2D eigenvalue weighted by molar-refractivity contribution is 5.96. The molecule has 1 heterocycles. The lowest BCUT2D eigenvalue weighted by atomic mass is 10.1. The molecule has 0 bridgehead atoms. The second-order valence-electron chi connectivity index (χ2n) is 6.58. The number of guanidine groups is 1. The van der Waals surface area contributed by atoms with E-state index in [-0.39, 0.29) is 31.8 Å². The first kappa shape index (κ1) is 23.7. The third-order valence-electron chi connectivity index (χ3n) is 4.08. The van der Waals surface area contributed by atoms with Gasteiger partial charge in [0.1, 0.15) is 18.1 Å². The lowest BCUT2D eigenvalue weighted by molar-refractivity contribution is -0.135. The van der Waals surface area contributed by atoms with Gasteiger partial charge < -0.3 is 38.5 Å². The Morgan fingerprint density at radius 2 is 1.62 bits per heavy atom. The van der Waals surface area contributed by atoms with Crippen molar-refractivity contribution in [2.45, 2.75) is 50.7 Å². The van der Waals surface area contributed by atoms with Crippen LogP contribution in [0.2, 0.25) is 0 Å². The summed E-state index contributed by atoms with van der Waals surface area (Å²) >= 11 is 0. The molecule has 1 fully saturated rings. The summed E-state index contributed by atoms with van der Waals surface area (Å²) in [6, 6.07) is -2.99. The molecule has 0 aromatic heterocycles. The fraction of sp³-hybridized carbons (Fsp3) is 0.625. The summed E-state index contributed by atoms with van der Waals surface area (Å²) < 4.78 is 0. The zero-order valence-corrected chi connectivity index (χ0v) is 16.2. The first-order valence-corrected chi connectivity index (χ1v) is 9.11. The Labute approximate surface area is 167 Å². The monoisotopic (exact) mass is 412 g/mol. The van der Waals surface area contributed by atoms with Crippen molar-refractivity contribution in [3.8, 4) is 0 Å². The number of nitrogens with zero attached hydrogens (tertiary/aromatic N) is 1. The van der Waals surface area contributed by atoms with Gasteiger partial charge in [-0.25, -0.2) is 0 Å². The summed E-state index contributed by atoms with van der Waals surface area (Å²) in [7, 11) is 0. The average molecular weight is 412 g/mol. The van der Waals surface area contributed by atoms with Crippen molar-refractivity contribution in [3.63, 3.8) is 0 Å². The maximum absolute atomic E-state index is 12.4. The second-order valence-corrected chi connectivity index (χ2v) is 6.58. The Hall–Kier alpha value is -3.38. The fourth-order valence-corrected chi connectivity index (χ4v) is 2.54. The van der Waals surface area contributed by atoms with E-state index < -0.39 is 54.2 Å². The predicted molar refractivity (Wildman–Crippen MR) is 103 cm³/mol. The van der Waals surface area contributed by atoms with Gasteiger partial charge in [0.05, 0.1) is 6.54 Å². The van der Waals surface area contributed by atoms with Gasteiger partial charge in [-0.05, 0) is 26.2 Å². The summed E-state index contributed by atoms with van der Waals surface area (Å²) in [6.45, 7) is 1.28. The summed E-state index contributed by atoms with van der Waals surface area (Å²) in [5.74, 6) is -3.14. The Morgan fingerprint density at radius 1 is 0.966 bits per heavy atom. The normalized spacial score (nSPS) is 23.4. The first-order valence-electron chi connectivity index (χ1n) is 9.11. The topological polar surface area (TPSA) is 224 Å². The Kier molecular flexibility index (Phi) is 9.35. The van der Waals surface area contributed by atoms with Crippen LogP contribution in [0.1, 0.15) is 32.6 Å². The Morgan fingerprint density at radius 3 is 2.24 bits per heavy atom. The van der Waals surface area contributed by atoms with E-state index in [0.29, 0.717) is 6.42 Å². The molecule has 1 aliphatic heterocycles. The van der Waals surface area contributed by atoms with E-state index in [1.54, 1.807) is 0 Å². The summed E-state index contributed by atoms with van der Waals surface area (Å²) in [5.41, 5.74) is 15.6. The van der Waals surface area contributed by atoms with Crippen LogP contribution in [0.5, 0.6) is 0 Å². The highest BCUT2D eigenvalue weighted by Crippen LogP contribution is 2.03. The number of carbonyl (C=O) groups excluding carboxylic acids is 5. The predicted octanol–water partition coefficient (Wildman–Crippen LogP) is -4.09. The largest absolute Gasteiger partial charge is 0.370 e. The number of carbonyl (C=O) groups is 5.